The maximum atomic E-state index is 12.4. The molecule has 39 heavy (non-hydrogen) atoms. The Balaban J connectivity index is 1.62. The van der Waals surface area contributed by atoms with Crippen LogP contribution >= 0.6 is 11.6 Å². The van der Waals surface area contributed by atoms with Crippen molar-refractivity contribution in [1.82, 2.24) is 10.3 Å². The molecule has 3 rings (SSSR count). The number of halogens is 1. The molecule has 1 amide bonds. The number of nitrogens with zero attached hydrogens (tertiary/aromatic N) is 2. The second kappa shape index (κ2) is 15.3. The third-order valence-electron chi connectivity index (χ3n) is 6.48. The minimum Gasteiger partial charge on any atom is -0.506 e. The number of carbonyl (C=O) groups is 1. The predicted octanol–water partition coefficient (Wildman–Crippen LogP) is 6.37. The first-order valence-electron chi connectivity index (χ1n) is 13.3. The molecule has 0 atom stereocenters. The zero-order chi connectivity index (χ0) is 28.2. The number of aromatic hydroxyl groups is 1. The number of likely N-dealkylation sites (N-methyl/N-ethyl adjacent to an activating group) is 1. The second-order valence-corrected chi connectivity index (χ2v) is 9.92. The summed E-state index contributed by atoms with van der Waals surface area (Å²) in [6.07, 6.45) is 2.38. The summed E-state index contributed by atoms with van der Waals surface area (Å²) in [5.74, 6) is 0.755. The van der Waals surface area contributed by atoms with Gasteiger partial charge in [0.25, 0.3) is 5.91 Å². The fourth-order valence-electron chi connectivity index (χ4n) is 3.98. The van der Waals surface area contributed by atoms with E-state index in [0.717, 1.165) is 48.5 Å². The fourth-order valence-corrected chi connectivity index (χ4v) is 4.16. The normalized spacial score (nSPS) is 11.5. The van der Waals surface area contributed by atoms with Crippen LogP contribution < -0.4 is 10.2 Å². The quantitative estimate of drug-likeness (QED) is 0.105. The minimum absolute atomic E-state index is 0.0815. The molecule has 0 unspecified atom stereocenters. The van der Waals surface area contributed by atoms with Gasteiger partial charge in [-0.05, 0) is 84.1 Å². The molecule has 0 bridgehead atoms. The Morgan fingerprint density at radius 3 is 2.49 bits per heavy atom. The number of ether oxygens (including phenoxy) is 2. The maximum Gasteiger partial charge on any atom is 0.271 e. The lowest BCUT2D eigenvalue weighted by Crippen LogP contribution is -2.25. The van der Waals surface area contributed by atoms with E-state index in [2.05, 4.69) is 67.4 Å². The summed E-state index contributed by atoms with van der Waals surface area (Å²) in [5, 5.41) is 13.7. The van der Waals surface area contributed by atoms with Crippen LogP contribution in [0.3, 0.4) is 0 Å². The highest BCUT2D eigenvalue weighted by Crippen LogP contribution is 2.24. The zero-order valence-electron chi connectivity index (χ0n) is 23.1. The molecule has 0 aromatic heterocycles. The fraction of sp³-hybridized carbons (Fsp3) is 0.355. The number of carbonyl (C=O) groups excluding carboxylic acids is 1. The van der Waals surface area contributed by atoms with Crippen molar-refractivity contribution in [2.24, 2.45) is 5.10 Å². The SMILES string of the molecule is CCN(CC)CCc1cc(C=NNC(=O)c2ccc(O)c(Cl)c2)ccc1OCOCc1ccc(C(C)C)cc1. The van der Waals surface area contributed by atoms with Crippen molar-refractivity contribution in [3.8, 4) is 11.5 Å². The van der Waals surface area contributed by atoms with Crippen molar-refractivity contribution < 1.29 is 19.4 Å². The summed E-state index contributed by atoms with van der Waals surface area (Å²) in [7, 11) is 0. The van der Waals surface area contributed by atoms with E-state index in [-0.39, 0.29) is 17.6 Å². The van der Waals surface area contributed by atoms with Gasteiger partial charge in [-0.15, -0.1) is 0 Å². The summed E-state index contributed by atoms with van der Waals surface area (Å²) in [4.78, 5) is 14.7. The number of phenolic OH excluding ortho intramolecular Hbond substituents is 1. The van der Waals surface area contributed by atoms with Gasteiger partial charge in [0.15, 0.2) is 6.79 Å². The number of hydrogen-bond donors (Lipinski definition) is 2. The summed E-state index contributed by atoms with van der Waals surface area (Å²) in [6, 6.07) is 18.5. The average Bonchev–Trinajstić information content (AvgIpc) is 2.94. The number of nitrogens with one attached hydrogen (secondary N) is 1. The minimum atomic E-state index is -0.425. The highest BCUT2D eigenvalue weighted by Gasteiger charge is 2.10. The van der Waals surface area contributed by atoms with E-state index in [1.54, 1.807) is 6.21 Å². The first-order valence-corrected chi connectivity index (χ1v) is 13.6. The van der Waals surface area contributed by atoms with Crippen molar-refractivity contribution in [1.29, 1.82) is 0 Å². The first-order chi connectivity index (χ1) is 18.8. The molecule has 0 spiro atoms. The molecule has 8 heteroatoms. The smallest absolute Gasteiger partial charge is 0.271 e. The highest BCUT2D eigenvalue weighted by atomic mass is 35.5. The molecular weight excluding hydrogens is 514 g/mol. The van der Waals surface area contributed by atoms with E-state index in [4.69, 9.17) is 21.1 Å². The van der Waals surface area contributed by atoms with Crippen LogP contribution in [0.5, 0.6) is 11.5 Å². The van der Waals surface area contributed by atoms with Crippen LogP contribution in [-0.2, 0) is 17.8 Å². The Labute approximate surface area is 236 Å². The van der Waals surface area contributed by atoms with E-state index >= 15 is 0 Å². The number of hydrogen-bond acceptors (Lipinski definition) is 6. The van der Waals surface area contributed by atoms with Gasteiger partial charge in [-0.25, -0.2) is 5.43 Å². The molecular formula is C31H38ClN3O4. The van der Waals surface area contributed by atoms with Crippen molar-refractivity contribution in [3.63, 3.8) is 0 Å². The number of phenols is 1. The molecule has 3 aromatic rings. The Kier molecular flexibility index (Phi) is 11.8. The Morgan fingerprint density at radius 1 is 1.08 bits per heavy atom. The Morgan fingerprint density at radius 2 is 1.82 bits per heavy atom. The molecule has 7 nitrogen and oxygen atoms in total. The zero-order valence-corrected chi connectivity index (χ0v) is 23.9. The molecule has 0 saturated carbocycles. The van der Waals surface area contributed by atoms with Crippen LogP contribution in [0.4, 0.5) is 0 Å². The van der Waals surface area contributed by atoms with Crippen molar-refractivity contribution in [3.05, 3.63) is 93.5 Å². The molecule has 2 N–H and O–H groups in total. The standard InChI is InChI=1S/C31H38ClN3O4/c1-5-35(6-2)16-15-26-17-24(19-33-34-31(37)27-12-13-29(36)28(32)18-27)9-14-30(26)39-21-38-20-23-7-10-25(11-8-23)22(3)4/h7-14,17-19,22,36H,5-6,15-16,20-21H2,1-4H3,(H,34,37). The van der Waals surface area contributed by atoms with Crippen LogP contribution in [0.25, 0.3) is 0 Å². The molecule has 0 radical (unpaired) electrons. The third kappa shape index (κ3) is 9.39. The van der Waals surface area contributed by atoms with E-state index in [0.29, 0.717) is 18.1 Å². The lowest BCUT2D eigenvalue weighted by Gasteiger charge is -2.19. The van der Waals surface area contributed by atoms with E-state index in [9.17, 15) is 9.90 Å². The highest BCUT2D eigenvalue weighted by molar-refractivity contribution is 6.32. The second-order valence-electron chi connectivity index (χ2n) is 9.52. The lowest BCUT2D eigenvalue weighted by atomic mass is 10.0. The molecule has 3 aromatic carbocycles. The van der Waals surface area contributed by atoms with E-state index in [1.807, 2.05) is 18.2 Å². The van der Waals surface area contributed by atoms with Gasteiger partial charge in [0.2, 0.25) is 0 Å². The Hall–Kier alpha value is -3.39. The van der Waals surface area contributed by atoms with Gasteiger partial charge in [-0.3, -0.25) is 4.79 Å². The van der Waals surface area contributed by atoms with Gasteiger partial charge < -0.3 is 19.5 Å². The van der Waals surface area contributed by atoms with Crippen LogP contribution in [0.15, 0.2) is 65.8 Å². The van der Waals surface area contributed by atoms with Gasteiger partial charge in [-0.2, -0.15) is 5.10 Å². The lowest BCUT2D eigenvalue weighted by molar-refractivity contribution is 0.00448. The van der Waals surface area contributed by atoms with Gasteiger partial charge in [0.05, 0.1) is 17.8 Å². The molecule has 0 aliphatic rings. The van der Waals surface area contributed by atoms with Crippen LogP contribution in [0.1, 0.15) is 66.2 Å². The van der Waals surface area contributed by atoms with Gasteiger partial charge >= 0.3 is 0 Å². The predicted molar refractivity (Wildman–Crippen MR) is 157 cm³/mol. The van der Waals surface area contributed by atoms with Crippen LogP contribution in [0.2, 0.25) is 5.02 Å². The molecule has 0 aliphatic heterocycles. The van der Waals surface area contributed by atoms with Crippen molar-refractivity contribution in [2.75, 3.05) is 26.4 Å². The molecule has 0 saturated heterocycles. The first kappa shape index (κ1) is 30.2. The number of rotatable bonds is 14. The van der Waals surface area contributed by atoms with Crippen LogP contribution in [0, 0.1) is 0 Å². The summed E-state index contributed by atoms with van der Waals surface area (Å²) in [6.45, 7) is 12.1. The number of hydrazone groups is 1. The molecule has 0 aliphatic carbocycles. The molecule has 0 heterocycles. The maximum absolute atomic E-state index is 12.4. The third-order valence-corrected chi connectivity index (χ3v) is 6.78. The van der Waals surface area contributed by atoms with Gasteiger partial charge in [0.1, 0.15) is 11.5 Å². The van der Waals surface area contributed by atoms with Crippen molar-refractivity contribution in [2.45, 2.75) is 46.6 Å². The van der Waals surface area contributed by atoms with E-state index < -0.39 is 5.91 Å². The summed E-state index contributed by atoms with van der Waals surface area (Å²) >= 11 is 5.89. The topological polar surface area (TPSA) is 83.4 Å². The Bertz CT molecular complexity index is 1240. The monoisotopic (exact) mass is 551 g/mol. The van der Waals surface area contributed by atoms with Gasteiger partial charge in [-0.1, -0.05) is 63.6 Å². The molecule has 0 fully saturated rings. The van der Waals surface area contributed by atoms with E-state index in [1.165, 1.54) is 23.8 Å². The molecule has 208 valence electrons. The summed E-state index contributed by atoms with van der Waals surface area (Å²) in [5.41, 5.74) is 7.07. The van der Waals surface area contributed by atoms with Gasteiger partial charge in [0, 0.05) is 12.1 Å². The number of amides is 1. The average molecular weight is 552 g/mol. The number of benzene rings is 3. The van der Waals surface area contributed by atoms with Crippen molar-refractivity contribution >= 4 is 23.7 Å². The van der Waals surface area contributed by atoms with Crippen LogP contribution in [-0.4, -0.2) is 48.6 Å². The largest absolute Gasteiger partial charge is 0.506 e. The summed E-state index contributed by atoms with van der Waals surface area (Å²) < 4.78 is 11.8.